The van der Waals surface area contributed by atoms with E-state index in [4.69, 9.17) is 0 Å². The molecule has 0 N–H and O–H groups in total. The second-order valence-electron chi connectivity index (χ2n) is 3.73. The lowest BCUT2D eigenvalue weighted by Crippen LogP contribution is -1.72. The molecular formula is C15H21OP. The normalized spacial score (nSPS) is 9.12. The van der Waals surface area contributed by atoms with Crippen LogP contribution in [0.1, 0.15) is 59.3 Å². The summed E-state index contributed by atoms with van der Waals surface area (Å²) in [5.41, 5.74) is 8.32. The lowest BCUT2D eigenvalue weighted by molar-refractivity contribution is 0.594. The third-order valence-electron chi connectivity index (χ3n) is 1.83. The van der Waals surface area contributed by atoms with Crippen LogP contribution in [0.15, 0.2) is 0 Å². The maximum atomic E-state index is 12.3. The van der Waals surface area contributed by atoms with E-state index in [0.717, 1.165) is 38.5 Å². The van der Waals surface area contributed by atoms with E-state index in [1.165, 1.54) is 0 Å². The molecule has 0 atom stereocenters. The molecule has 0 aromatic carbocycles. The second kappa shape index (κ2) is 10.1. The summed E-state index contributed by atoms with van der Waals surface area (Å²) in [6, 6.07) is 0. The molecule has 0 aromatic heterocycles. The fourth-order valence-corrected chi connectivity index (χ4v) is 2.13. The summed E-state index contributed by atoms with van der Waals surface area (Å²) in [6.07, 6.45) is 5.19. The zero-order chi connectivity index (χ0) is 13.0. The molecule has 0 aliphatic rings. The molecule has 0 amide bonds. The molecule has 0 radical (unpaired) electrons. The van der Waals surface area contributed by atoms with Crippen molar-refractivity contribution >= 4 is 7.14 Å². The molecule has 0 heterocycles. The third kappa shape index (κ3) is 8.69. The molecule has 0 saturated carbocycles. The van der Waals surface area contributed by atoms with E-state index in [2.05, 4.69) is 34.7 Å². The summed E-state index contributed by atoms with van der Waals surface area (Å²) in [7, 11) is -2.89. The van der Waals surface area contributed by atoms with Crippen molar-refractivity contribution in [1.29, 1.82) is 0 Å². The molecule has 0 bridgehead atoms. The highest BCUT2D eigenvalue weighted by Crippen LogP contribution is 2.41. The van der Waals surface area contributed by atoms with Crippen LogP contribution in [0.4, 0.5) is 0 Å². The van der Waals surface area contributed by atoms with E-state index < -0.39 is 7.14 Å². The average Bonchev–Trinajstić information content (AvgIpc) is 2.30. The van der Waals surface area contributed by atoms with Crippen LogP contribution < -0.4 is 0 Å². The van der Waals surface area contributed by atoms with Gasteiger partial charge in [0.15, 0.2) is 0 Å². The summed E-state index contributed by atoms with van der Waals surface area (Å²) in [5, 5.41) is 0. The van der Waals surface area contributed by atoms with Gasteiger partial charge in [-0.15, -0.1) is 0 Å². The first-order valence-corrected chi connectivity index (χ1v) is 7.99. The molecule has 0 rings (SSSR count). The van der Waals surface area contributed by atoms with Gasteiger partial charge < -0.3 is 0 Å². The van der Waals surface area contributed by atoms with Crippen LogP contribution in [0.25, 0.3) is 0 Å². The third-order valence-corrected chi connectivity index (χ3v) is 3.25. The molecule has 0 aliphatic heterocycles. The minimum atomic E-state index is -2.89. The van der Waals surface area contributed by atoms with Crippen molar-refractivity contribution in [3.05, 3.63) is 0 Å². The minimum absolute atomic E-state index is 0.759. The van der Waals surface area contributed by atoms with E-state index in [1.807, 2.05) is 20.8 Å². The summed E-state index contributed by atoms with van der Waals surface area (Å²) in [5.74, 6) is 8.73. The Balaban J connectivity index is 4.87. The molecule has 0 spiro atoms. The first kappa shape index (κ1) is 15.9. The van der Waals surface area contributed by atoms with Gasteiger partial charge in [0.25, 0.3) is 7.14 Å². The topological polar surface area (TPSA) is 17.1 Å². The van der Waals surface area contributed by atoms with Gasteiger partial charge in [-0.1, -0.05) is 38.5 Å². The van der Waals surface area contributed by atoms with Crippen molar-refractivity contribution in [2.24, 2.45) is 0 Å². The minimum Gasteiger partial charge on any atom is -0.282 e. The Morgan fingerprint density at radius 3 is 1.24 bits per heavy atom. The Morgan fingerprint density at radius 2 is 1.00 bits per heavy atom. The molecule has 0 saturated heterocycles. The van der Waals surface area contributed by atoms with Crippen molar-refractivity contribution in [3.63, 3.8) is 0 Å². The van der Waals surface area contributed by atoms with Gasteiger partial charge in [0, 0.05) is 19.3 Å². The fraction of sp³-hybridized carbons (Fsp3) is 0.600. The van der Waals surface area contributed by atoms with Crippen LogP contribution in [0.5, 0.6) is 0 Å². The predicted molar refractivity (Wildman–Crippen MR) is 75.7 cm³/mol. The summed E-state index contributed by atoms with van der Waals surface area (Å²) in [6.45, 7) is 6.14. The highest BCUT2D eigenvalue weighted by Gasteiger charge is 2.10. The quantitative estimate of drug-likeness (QED) is 0.525. The zero-order valence-electron chi connectivity index (χ0n) is 11.1. The Kier molecular flexibility index (Phi) is 9.44. The Morgan fingerprint density at radius 1 is 0.706 bits per heavy atom. The number of hydrogen-bond acceptors (Lipinski definition) is 1. The van der Waals surface area contributed by atoms with Gasteiger partial charge in [-0.25, -0.2) is 0 Å². The Bertz CT molecular complexity index is 362. The van der Waals surface area contributed by atoms with E-state index in [0.29, 0.717) is 0 Å². The fourth-order valence-electron chi connectivity index (χ4n) is 0.961. The van der Waals surface area contributed by atoms with Crippen molar-refractivity contribution < 1.29 is 4.57 Å². The van der Waals surface area contributed by atoms with Crippen LogP contribution in [-0.2, 0) is 4.57 Å². The molecule has 0 unspecified atom stereocenters. The lowest BCUT2D eigenvalue weighted by Gasteiger charge is -1.92. The van der Waals surface area contributed by atoms with Crippen molar-refractivity contribution in [2.75, 3.05) is 0 Å². The zero-order valence-corrected chi connectivity index (χ0v) is 12.0. The maximum absolute atomic E-state index is 12.3. The van der Waals surface area contributed by atoms with Crippen LogP contribution in [0.3, 0.4) is 0 Å². The Labute approximate surface area is 106 Å². The molecule has 0 aromatic rings. The Hall–Kier alpha value is -1.09. The average molecular weight is 248 g/mol. The first-order chi connectivity index (χ1) is 8.18. The maximum Gasteiger partial charge on any atom is 0.291 e. The lowest BCUT2D eigenvalue weighted by atomic mass is 10.4. The van der Waals surface area contributed by atoms with Crippen LogP contribution in [-0.4, -0.2) is 0 Å². The molecule has 0 fully saturated rings. The standard InChI is InChI=1S/C15H21OP/c1-4-7-10-13-17(16,14-11-8-5-2)15-12-9-6-3/h4-9H2,1-3H3. The van der Waals surface area contributed by atoms with Gasteiger partial charge in [0.05, 0.1) is 0 Å². The molecular weight excluding hydrogens is 227 g/mol. The SMILES string of the molecule is CCCC#CP(=O)(C#CCCC)C#CCCC. The number of rotatable bonds is 3. The van der Waals surface area contributed by atoms with Crippen molar-refractivity contribution in [2.45, 2.75) is 59.3 Å². The molecule has 0 aliphatic carbocycles. The highest BCUT2D eigenvalue weighted by atomic mass is 31.2. The number of hydrogen-bond donors (Lipinski definition) is 0. The van der Waals surface area contributed by atoms with Gasteiger partial charge in [0.1, 0.15) is 0 Å². The predicted octanol–water partition coefficient (Wildman–Crippen LogP) is 4.63. The monoisotopic (exact) mass is 248 g/mol. The molecule has 17 heavy (non-hydrogen) atoms. The molecule has 1 nitrogen and oxygen atoms in total. The van der Waals surface area contributed by atoms with Gasteiger partial charge in [-0.3, -0.25) is 4.57 Å². The summed E-state index contributed by atoms with van der Waals surface area (Å²) < 4.78 is 12.3. The van der Waals surface area contributed by atoms with E-state index >= 15 is 0 Å². The van der Waals surface area contributed by atoms with Crippen LogP contribution >= 0.6 is 7.14 Å². The van der Waals surface area contributed by atoms with E-state index in [1.54, 1.807) is 0 Å². The summed E-state index contributed by atoms with van der Waals surface area (Å²) in [4.78, 5) is 0. The van der Waals surface area contributed by atoms with Gasteiger partial charge in [-0.05, 0) is 36.2 Å². The second-order valence-corrected chi connectivity index (χ2v) is 5.61. The van der Waals surface area contributed by atoms with Crippen LogP contribution in [0, 0.1) is 34.7 Å². The molecule has 2 heteroatoms. The van der Waals surface area contributed by atoms with Crippen molar-refractivity contribution in [3.8, 4) is 34.7 Å². The van der Waals surface area contributed by atoms with Gasteiger partial charge in [-0.2, -0.15) is 0 Å². The van der Waals surface area contributed by atoms with Gasteiger partial charge in [0.2, 0.25) is 0 Å². The highest BCUT2D eigenvalue weighted by molar-refractivity contribution is 7.78. The number of unbranched alkanes of at least 4 members (excludes halogenated alkanes) is 3. The largest absolute Gasteiger partial charge is 0.291 e. The molecule has 92 valence electrons. The van der Waals surface area contributed by atoms with E-state index in [-0.39, 0.29) is 0 Å². The van der Waals surface area contributed by atoms with Gasteiger partial charge >= 0.3 is 0 Å². The van der Waals surface area contributed by atoms with Crippen molar-refractivity contribution in [1.82, 2.24) is 0 Å². The summed E-state index contributed by atoms with van der Waals surface area (Å²) >= 11 is 0. The smallest absolute Gasteiger partial charge is 0.282 e. The van der Waals surface area contributed by atoms with E-state index in [9.17, 15) is 4.57 Å². The first-order valence-electron chi connectivity index (χ1n) is 6.29. The van der Waals surface area contributed by atoms with Crippen LogP contribution in [0.2, 0.25) is 0 Å².